The van der Waals surface area contributed by atoms with Gasteiger partial charge in [0.15, 0.2) is 0 Å². The van der Waals surface area contributed by atoms with E-state index >= 15 is 0 Å². The van der Waals surface area contributed by atoms with Gasteiger partial charge in [0.05, 0.1) is 10.9 Å². The molecule has 1 aliphatic rings. The van der Waals surface area contributed by atoms with Crippen LogP contribution in [-0.4, -0.2) is 12.7 Å². The Labute approximate surface area is 114 Å². The largest absolute Gasteiger partial charge is 0.376 e. The van der Waals surface area contributed by atoms with Crippen molar-refractivity contribution in [2.45, 2.75) is 24.3 Å². The number of hydrogen-bond donors (Lipinski definition) is 0. The molecule has 0 aliphatic carbocycles. The summed E-state index contributed by atoms with van der Waals surface area (Å²) < 4.78 is 5.73. The summed E-state index contributed by atoms with van der Waals surface area (Å²) in [5.74, 6) is 0.552. The van der Waals surface area contributed by atoms with E-state index in [0.29, 0.717) is 16.0 Å². The van der Waals surface area contributed by atoms with Crippen LogP contribution >= 0.6 is 39.1 Å². The maximum absolute atomic E-state index is 6.18. The number of ether oxygens (including phenoxy) is 1. The Hall–Kier alpha value is 0.240. The van der Waals surface area contributed by atoms with Gasteiger partial charge in [-0.05, 0) is 30.0 Å². The molecular weight excluding hydrogens is 311 g/mol. The first-order valence-electron chi connectivity index (χ1n) is 5.30. The molecule has 0 saturated carbocycles. The molecule has 3 unspecified atom stereocenters. The first kappa shape index (κ1) is 12.7. The van der Waals surface area contributed by atoms with Crippen molar-refractivity contribution in [1.29, 1.82) is 0 Å². The molecule has 1 fully saturated rings. The lowest BCUT2D eigenvalue weighted by Crippen LogP contribution is -2.19. The Balaban J connectivity index is 2.23. The molecule has 1 nitrogen and oxygen atoms in total. The van der Waals surface area contributed by atoms with Crippen LogP contribution in [0.1, 0.15) is 23.7 Å². The van der Waals surface area contributed by atoms with Gasteiger partial charge >= 0.3 is 0 Å². The van der Waals surface area contributed by atoms with Crippen LogP contribution in [0.2, 0.25) is 10.0 Å². The van der Waals surface area contributed by atoms with Gasteiger partial charge in [0.1, 0.15) is 0 Å². The summed E-state index contributed by atoms with van der Waals surface area (Å²) in [5.41, 5.74) is 1.05. The molecule has 1 heterocycles. The Morgan fingerprint density at radius 1 is 1.44 bits per heavy atom. The molecule has 88 valence electrons. The molecule has 4 heteroatoms. The highest BCUT2D eigenvalue weighted by atomic mass is 79.9. The van der Waals surface area contributed by atoms with E-state index in [9.17, 15) is 0 Å². The van der Waals surface area contributed by atoms with Crippen molar-refractivity contribution in [2.75, 3.05) is 6.61 Å². The van der Waals surface area contributed by atoms with Crippen molar-refractivity contribution in [3.05, 3.63) is 33.8 Å². The summed E-state index contributed by atoms with van der Waals surface area (Å²) in [6.45, 7) is 3.04. The summed E-state index contributed by atoms with van der Waals surface area (Å²) in [7, 11) is 0. The van der Waals surface area contributed by atoms with Gasteiger partial charge in [-0.2, -0.15) is 0 Å². The lowest BCUT2D eigenvalue weighted by atomic mass is 9.97. The molecule has 16 heavy (non-hydrogen) atoms. The van der Waals surface area contributed by atoms with Crippen molar-refractivity contribution in [1.82, 2.24) is 0 Å². The zero-order valence-electron chi connectivity index (χ0n) is 8.92. The molecule has 0 bridgehead atoms. The predicted molar refractivity (Wildman–Crippen MR) is 71.7 cm³/mol. The Bertz CT molecular complexity index is 383. The van der Waals surface area contributed by atoms with Crippen LogP contribution in [-0.2, 0) is 4.74 Å². The quantitative estimate of drug-likeness (QED) is 0.707. The van der Waals surface area contributed by atoms with E-state index in [4.69, 9.17) is 27.9 Å². The molecule has 0 spiro atoms. The highest BCUT2D eigenvalue weighted by Gasteiger charge is 2.32. The lowest BCUT2D eigenvalue weighted by Gasteiger charge is -2.22. The fourth-order valence-corrected chi connectivity index (χ4v) is 3.72. The minimum Gasteiger partial charge on any atom is -0.376 e. The maximum Gasteiger partial charge on any atom is 0.0767 e. The minimum absolute atomic E-state index is 0.134. The highest BCUT2D eigenvalue weighted by Crippen LogP contribution is 2.40. The van der Waals surface area contributed by atoms with Gasteiger partial charge in [0, 0.05) is 16.7 Å². The third-order valence-corrected chi connectivity index (χ3v) is 4.57. The predicted octanol–water partition coefficient (Wildman–Crippen LogP) is 4.85. The van der Waals surface area contributed by atoms with E-state index in [1.54, 1.807) is 6.07 Å². The summed E-state index contributed by atoms with van der Waals surface area (Å²) in [5, 5.41) is 1.35. The third-order valence-electron chi connectivity index (χ3n) is 2.99. The van der Waals surface area contributed by atoms with Crippen molar-refractivity contribution in [3.8, 4) is 0 Å². The van der Waals surface area contributed by atoms with Gasteiger partial charge in [-0.25, -0.2) is 0 Å². The van der Waals surface area contributed by atoms with E-state index in [1.165, 1.54) is 0 Å². The zero-order valence-corrected chi connectivity index (χ0v) is 12.0. The number of alkyl halides is 1. The Kier molecular flexibility index (Phi) is 4.17. The molecule has 1 aromatic carbocycles. The molecule has 0 radical (unpaired) electrons. The second-order valence-electron chi connectivity index (χ2n) is 4.17. The van der Waals surface area contributed by atoms with E-state index in [0.717, 1.165) is 18.6 Å². The van der Waals surface area contributed by atoms with Gasteiger partial charge in [-0.15, -0.1) is 0 Å². The maximum atomic E-state index is 6.18. The normalized spacial score (nSPS) is 27.0. The van der Waals surface area contributed by atoms with E-state index in [1.807, 2.05) is 12.1 Å². The molecule has 0 amide bonds. The van der Waals surface area contributed by atoms with E-state index < -0.39 is 0 Å². The molecule has 1 saturated heterocycles. The van der Waals surface area contributed by atoms with Gasteiger partial charge in [-0.1, -0.05) is 52.1 Å². The lowest BCUT2D eigenvalue weighted by molar-refractivity contribution is 0.0935. The van der Waals surface area contributed by atoms with Crippen LogP contribution in [0.4, 0.5) is 0 Å². The first-order chi connectivity index (χ1) is 7.59. The minimum atomic E-state index is 0.134. The van der Waals surface area contributed by atoms with Crippen LogP contribution < -0.4 is 0 Å². The molecule has 1 aromatic rings. The Morgan fingerprint density at radius 2 is 2.19 bits per heavy atom. The average molecular weight is 324 g/mol. The summed E-state index contributed by atoms with van der Waals surface area (Å²) in [4.78, 5) is 0.134. The van der Waals surface area contributed by atoms with Crippen LogP contribution in [0.25, 0.3) is 0 Å². The van der Waals surface area contributed by atoms with E-state index in [2.05, 4.69) is 22.9 Å². The van der Waals surface area contributed by atoms with Crippen LogP contribution in [0.5, 0.6) is 0 Å². The Morgan fingerprint density at radius 3 is 2.75 bits per heavy atom. The van der Waals surface area contributed by atoms with Gasteiger partial charge in [-0.3, -0.25) is 0 Å². The smallest absolute Gasteiger partial charge is 0.0767 e. The number of hydrogen-bond acceptors (Lipinski definition) is 1. The molecule has 0 aromatic heterocycles. The van der Waals surface area contributed by atoms with Crippen molar-refractivity contribution < 1.29 is 4.74 Å². The van der Waals surface area contributed by atoms with Gasteiger partial charge in [0.25, 0.3) is 0 Å². The first-order valence-corrected chi connectivity index (χ1v) is 6.97. The fourth-order valence-electron chi connectivity index (χ4n) is 1.99. The second kappa shape index (κ2) is 5.26. The third kappa shape index (κ3) is 2.56. The van der Waals surface area contributed by atoms with Gasteiger partial charge < -0.3 is 4.74 Å². The SMILES string of the molecule is CC1CCOC1C(Br)c1ccc(Cl)cc1Cl. The number of halogens is 3. The zero-order chi connectivity index (χ0) is 11.7. The molecule has 0 N–H and O–H groups in total. The molecule has 3 atom stereocenters. The molecule has 1 aliphatic heterocycles. The highest BCUT2D eigenvalue weighted by molar-refractivity contribution is 9.09. The number of rotatable bonds is 2. The molecular formula is C12H13BrCl2O. The average Bonchev–Trinajstić information content (AvgIpc) is 2.63. The number of benzene rings is 1. The summed E-state index contributed by atoms with van der Waals surface area (Å²) in [6.07, 6.45) is 1.30. The van der Waals surface area contributed by atoms with Crippen molar-refractivity contribution in [2.24, 2.45) is 5.92 Å². The summed E-state index contributed by atoms with van der Waals surface area (Å²) in [6, 6.07) is 5.58. The monoisotopic (exact) mass is 322 g/mol. The van der Waals surface area contributed by atoms with Crippen molar-refractivity contribution in [3.63, 3.8) is 0 Å². The fraction of sp³-hybridized carbons (Fsp3) is 0.500. The van der Waals surface area contributed by atoms with E-state index in [-0.39, 0.29) is 10.9 Å². The molecule has 2 rings (SSSR count). The standard InChI is InChI=1S/C12H13BrCl2O/c1-7-4-5-16-12(7)11(13)9-3-2-8(14)6-10(9)15/h2-3,6-7,11-12H,4-5H2,1H3. The van der Waals surface area contributed by atoms with Crippen molar-refractivity contribution >= 4 is 39.1 Å². The van der Waals surface area contributed by atoms with Crippen LogP contribution in [0, 0.1) is 5.92 Å². The van der Waals surface area contributed by atoms with Crippen LogP contribution in [0.15, 0.2) is 18.2 Å². The topological polar surface area (TPSA) is 9.23 Å². The van der Waals surface area contributed by atoms with Crippen LogP contribution in [0.3, 0.4) is 0 Å². The second-order valence-corrected chi connectivity index (χ2v) is 6.00. The van der Waals surface area contributed by atoms with Gasteiger partial charge in [0.2, 0.25) is 0 Å². The summed E-state index contributed by atoms with van der Waals surface area (Å²) >= 11 is 15.7.